The summed E-state index contributed by atoms with van der Waals surface area (Å²) in [4.78, 5) is 9.24. The first kappa shape index (κ1) is 22.5. The molecule has 0 unspecified atom stereocenters. The monoisotopic (exact) mass is 244 g/mol. The van der Waals surface area contributed by atoms with Crippen molar-refractivity contribution in [3.63, 3.8) is 0 Å². The Morgan fingerprint density at radius 1 is 1.56 bits per heavy atom. The van der Waals surface area contributed by atoms with E-state index in [1.165, 1.54) is 0 Å². The van der Waals surface area contributed by atoms with Gasteiger partial charge in [-0.3, -0.25) is 9.45 Å². The molecule has 4 N–H and O–H groups in total. The topological polar surface area (TPSA) is 83.6 Å². The van der Waals surface area contributed by atoms with E-state index in [4.69, 9.17) is 9.77 Å². The molecule has 0 amide bonds. The summed E-state index contributed by atoms with van der Waals surface area (Å²) >= 11 is 3.64. The van der Waals surface area contributed by atoms with Gasteiger partial charge < -0.3 is 10.8 Å². The van der Waals surface area contributed by atoms with Crippen LogP contribution in [0.2, 0.25) is 0 Å². The molecule has 0 spiro atoms. The summed E-state index contributed by atoms with van der Waals surface area (Å²) in [7, 11) is 0. The van der Waals surface area contributed by atoms with Gasteiger partial charge in [0.15, 0.2) is 0 Å². The molecule has 0 bridgehead atoms. The van der Waals surface area contributed by atoms with E-state index in [9.17, 15) is 4.79 Å². The van der Waals surface area contributed by atoms with Crippen molar-refractivity contribution in [1.82, 2.24) is 0 Å². The summed E-state index contributed by atoms with van der Waals surface area (Å²) in [6, 6.07) is 0. The molecular formula is C2H6AlClNO3Zr+5. The van der Waals surface area contributed by atoms with Crippen LogP contribution < -0.4 is 5.73 Å². The molecule has 0 aliphatic carbocycles. The van der Waals surface area contributed by atoms with Gasteiger partial charge in [-0.1, -0.05) is 0 Å². The SMILES string of the molecule is NCC(=O)O.OCl.[Al+3].[Zr+2]. The fraction of sp³-hybridized carbons (Fsp3) is 0.500. The average molecular weight is 246 g/mol. The summed E-state index contributed by atoms with van der Waals surface area (Å²) in [6.07, 6.45) is 0. The Labute approximate surface area is 87.8 Å². The fourth-order valence-corrected chi connectivity index (χ4v) is 0. The summed E-state index contributed by atoms with van der Waals surface area (Å²) in [5, 5.41) is 7.60. The van der Waals surface area contributed by atoms with E-state index in [0.717, 1.165) is 0 Å². The van der Waals surface area contributed by atoms with Gasteiger partial charge in [0.05, 0.1) is 18.4 Å². The van der Waals surface area contributed by atoms with Gasteiger partial charge >= 0.3 is 49.5 Å². The smallest absolute Gasteiger partial charge is 0.480 e. The van der Waals surface area contributed by atoms with Crippen LogP contribution in [0.3, 0.4) is 0 Å². The number of nitrogens with two attached hydrogens (primary N) is 1. The zero-order valence-electron chi connectivity index (χ0n) is 4.54. The fourth-order valence-electron chi connectivity index (χ4n) is 0. The second kappa shape index (κ2) is 23.0. The third-order valence-electron chi connectivity index (χ3n) is 0.175. The Hall–Kier alpha value is 1.10. The number of aliphatic carboxylic acids is 1. The van der Waals surface area contributed by atoms with Gasteiger partial charge in [0.1, 0.15) is 0 Å². The van der Waals surface area contributed by atoms with E-state index >= 15 is 0 Å². The first-order valence-electron chi connectivity index (χ1n) is 1.36. The molecule has 4 nitrogen and oxygen atoms in total. The minimum atomic E-state index is -0.968. The Balaban J connectivity index is -0.0000000286. The van der Waals surface area contributed by atoms with Crippen molar-refractivity contribution >= 4 is 35.2 Å². The molecule has 0 aromatic carbocycles. The standard InChI is InChI=1S/C2H5NO2.Al.ClHO.Zr/c3-1-2(4)5;;1-2;/h1,3H2,(H,4,5);;2H;/q;+3;;+2. The number of carboxylic acid groups (broad SMARTS) is 1. The van der Waals surface area contributed by atoms with Crippen molar-refractivity contribution in [2.75, 3.05) is 6.54 Å². The van der Waals surface area contributed by atoms with Crippen molar-refractivity contribution in [3.8, 4) is 0 Å². The van der Waals surface area contributed by atoms with Crippen LogP contribution in [0.15, 0.2) is 0 Å². The van der Waals surface area contributed by atoms with Crippen LogP contribution in [0.4, 0.5) is 0 Å². The van der Waals surface area contributed by atoms with Crippen LogP contribution in [0.1, 0.15) is 0 Å². The quantitative estimate of drug-likeness (QED) is 0.506. The van der Waals surface area contributed by atoms with Crippen LogP contribution in [0.5, 0.6) is 0 Å². The predicted octanol–water partition coefficient (Wildman–Crippen LogP) is -1.22. The van der Waals surface area contributed by atoms with E-state index in [1.54, 1.807) is 0 Å². The maximum atomic E-state index is 9.24. The second-order valence-corrected chi connectivity index (χ2v) is 0.598. The van der Waals surface area contributed by atoms with Crippen molar-refractivity contribution in [2.24, 2.45) is 5.73 Å². The van der Waals surface area contributed by atoms with Crippen LogP contribution in [-0.4, -0.2) is 39.6 Å². The summed E-state index contributed by atoms with van der Waals surface area (Å²) in [5.74, 6) is -0.968. The third-order valence-corrected chi connectivity index (χ3v) is 0.175. The molecule has 0 radical (unpaired) electrons. The zero-order valence-corrected chi connectivity index (χ0v) is 8.91. The molecule has 0 fully saturated rings. The summed E-state index contributed by atoms with van der Waals surface area (Å²) in [5.41, 5.74) is 4.57. The van der Waals surface area contributed by atoms with Gasteiger partial charge in [-0.05, 0) is 0 Å². The average Bonchev–Trinajstić information content (AvgIpc) is 1.73. The number of halogens is 1. The Morgan fingerprint density at radius 3 is 1.67 bits per heavy atom. The minimum absolute atomic E-state index is 0. The van der Waals surface area contributed by atoms with Crippen molar-refractivity contribution in [2.45, 2.75) is 0 Å². The molecule has 0 aliphatic rings. The number of carbonyl (C=O) groups is 1. The molecule has 7 heteroatoms. The molecule has 0 rings (SSSR count). The van der Waals surface area contributed by atoms with Crippen LogP contribution >= 0.6 is 11.9 Å². The Morgan fingerprint density at radius 2 is 1.67 bits per heavy atom. The summed E-state index contributed by atoms with van der Waals surface area (Å²) < 4.78 is 6.47. The molecule has 0 heterocycles. The first-order valence-corrected chi connectivity index (χ1v) is 1.70. The first-order chi connectivity index (χ1) is 3.27. The van der Waals surface area contributed by atoms with E-state index in [2.05, 4.69) is 17.6 Å². The van der Waals surface area contributed by atoms with E-state index in [0.29, 0.717) is 0 Å². The van der Waals surface area contributed by atoms with Crippen LogP contribution in [0, 0.1) is 0 Å². The van der Waals surface area contributed by atoms with Gasteiger partial charge in [0.25, 0.3) is 0 Å². The number of rotatable bonds is 1. The van der Waals surface area contributed by atoms with E-state index in [-0.39, 0.29) is 50.1 Å². The second-order valence-electron chi connectivity index (χ2n) is 0.598. The molecule has 0 aliphatic heterocycles. The molecule has 46 valence electrons. The van der Waals surface area contributed by atoms with Crippen molar-refractivity contribution in [1.29, 1.82) is 0 Å². The maximum absolute atomic E-state index is 9.24. The molecule has 0 saturated heterocycles. The number of hydrogen-bond donors (Lipinski definition) is 3. The number of hydrogen-bond acceptors (Lipinski definition) is 3. The van der Waals surface area contributed by atoms with Gasteiger partial charge in [-0.15, -0.1) is 0 Å². The van der Waals surface area contributed by atoms with E-state index in [1.807, 2.05) is 0 Å². The van der Waals surface area contributed by atoms with Gasteiger partial charge in [-0.25, -0.2) is 0 Å². The van der Waals surface area contributed by atoms with Gasteiger partial charge in [0, 0.05) is 0 Å². The van der Waals surface area contributed by atoms with Crippen LogP contribution in [0.25, 0.3) is 0 Å². The molecule has 0 aromatic heterocycles. The Bertz CT molecular complexity index is 57.1. The van der Waals surface area contributed by atoms with E-state index < -0.39 is 5.97 Å². The molecular weight excluding hydrogens is 240 g/mol. The van der Waals surface area contributed by atoms with Gasteiger partial charge in [0.2, 0.25) is 0 Å². The predicted molar refractivity (Wildman–Crippen MR) is 30.5 cm³/mol. The molecule has 0 aromatic rings. The largest absolute Gasteiger partial charge is 3.00 e. The maximum Gasteiger partial charge on any atom is 3.00 e. The van der Waals surface area contributed by atoms with Crippen LogP contribution in [-0.2, 0) is 31.0 Å². The molecule has 0 atom stereocenters. The zero-order chi connectivity index (χ0) is 6.28. The summed E-state index contributed by atoms with van der Waals surface area (Å²) in [6.45, 7) is -0.278. The third kappa shape index (κ3) is 47.8. The molecule has 0 saturated carbocycles. The Kier molecular flexibility index (Phi) is 57.3. The number of carboxylic acids is 1. The minimum Gasteiger partial charge on any atom is -0.480 e. The normalized spacial score (nSPS) is 4.78. The van der Waals surface area contributed by atoms with Crippen molar-refractivity contribution in [3.05, 3.63) is 0 Å². The molecule has 9 heavy (non-hydrogen) atoms. The van der Waals surface area contributed by atoms with Gasteiger partial charge in [-0.2, -0.15) is 0 Å². The van der Waals surface area contributed by atoms with Crippen molar-refractivity contribution < 1.29 is 40.8 Å².